The highest BCUT2D eigenvalue weighted by Gasteiger charge is 2.35. The number of rotatable bonds is 7. The van der Waals surface area contributed by atoms with Gasteiger partial charge in [0.15, 0.2) is 6.29 Å². The molecule has 0 amide bonds. The zero-order valence-corrected chi connectivity index (χ0v) is 17.0. The molecular formula is C23H38F2O2. The van der Waals surface area contributed by atoms with Crippen molar-refractivity contribution in [2.24, 2.45) is 29.6 Å². The van der Waals surface area contributed by atoms with Gasteiger partial charge in [-0.15, -0.1) is 0 Å². The molecule has 1 heterocycles. The average Bonchev–Trinajstić information content (AvgIpc) is 2.69. The lowest BCUT2D eigenvalue weighted by Crippen LogP contribution is -2.41. The highest BCUT2D eigenvalue weighted by atomic mass is 19.3. The minimum absolute atomic E-state index is 0.00209. The Labute approximate surface area is 164 Å². The fourth-order valence-corrected chi connectivity index (χ4v) is 5.47. The summed E-state index contributed by atoms with van der Waals surface area (Å²) in [6.07, 6.45) is 14.1. The molecule has 3 rings (SSSR count). The van der Waals surface area contributed by atoms with Gasteiger partial charge in [-0.1, -0.05) is 32.6 Å². The van der Waals surface area contributed by atoms with Crippen LogP contribution in [0, 0.1) is 29.6 Å². The van der Waals surface area contributed by atoms with E-state index in [0.717, 1.165) is 50.9 Å². The summed E-state index contributed by atoms with van der Waals surface area (Å²) in [5.41, 5.74) is 0. The zero-order chi connectivity index (χ0) is 19.1. The van der Waals surface area contributed by atoms with Gasteiger partial charge in [0.25, 0.3) is 6.08 Å². The van der Waals surface area contributed by atoms with Gasteiger partial charge >= 0.3 is 0 Å². The van der Waals surface area contributed by atoms with Crippen LogP contribution in [0.5, 0.6) is 0 Å². The van der Waals surface area contributed by atoms with Gasteiger partial charge in [-0.05, 0) is 75.2 Å². The zero-order valence-electron chi connectivity index (χ0n) is 17.0. The Balaban J connectivity index is 1.33. The molecule has 0 aromatic heterocycles. The van der Waals surface area contributed by atoms with Crippen LogP contribution >= 0.6 is 0 Å². The molecule has 0 radical (unpaired) electrons. The van der Waals surface area contributed by atoms with Crippen LogP contribution in [0.1, 0.15) is 84.0 Å². The van der Waals surface area contributed by atoms with E-state index in [0.29, 0.717) is 17.8 Å². The van der Waals surface area contributed by atoms with Crippen LogP contribution in [0.25, 0.3) is 0 Å². The normalized spacial score (nSPS) is 37.7. The first-order valence-corrected chi connectivity index (χ1v) is 11.4. The van der Waals surface area contributed by atoms with Crippen LogP contribution in [0.2, 0.25) is 0 Å². The first-order valence-electron chi connectivity index (χ1n) is 11.4. The van der Waals surface area contributed by atoms with Crippen LogP contribution in [0.4, 0.5) is 8.78 Å². The Kier molecular flexibility index (Phi) is 8.57. The van der Waals surface area contributed by atoms with Crippen molar-refractivity contribution >= 4 is 0 Å². The minimum Gasteiger partial charge on any atom is -0.352 e. The van der Waals surface area contributed by atoms with Gasteiger partial charge in [0.1, 0.15) is 0 Å². The maximum atomic E-state index is 12.4. The Morgan fingerprint density at radius 2 is 1.44 bits per heavy atom. The first kappa shape index (κ1) is 21.2. The van der Waals surface area contributed by atoms with Crippen molar-refractivity contribution in [1.82, 2.24) is 0 Å². The molecule has 0 bridgehead atoms. The van der Waals surface area contributed by atoms with Crippen LogP contribution in [-0.2, 0) is 9.47 Å². The molecule has 0 unspecified atom stereocenters. The van der Waals surface area contributed by atoms with Crippen molar-refractivity contribution in [2.45, 2.75) is 90.3 Å². The molecule has 0 atom stereocenters. The molecule has 4 heteroatoms. The molecule has 0 spiro atoms. The summed E-state index contributed by atoms with van der Waals surface area (Å²) in [6, 6.07) is 0. The molecule has 1 aliphatic heterocycles. The molecular weight excluding hydrogens is 346 g/mol. The van der Waals surface area contributed by atoms with Crippen molar-refractivity contribution in [3.8, 4) is 0 Å². The van der Waals surface area contributed by atoms with E-state index >= 15 is 0 Å². The number of hydrogen-bond acceptors (Lipinski definition) is 2. The maximum absolute atomic E-state index is 12.4. The molecule has 0 aromatic carbocycles. The number of hydrogen-bond donors (Lipinski definition) is 0. The second-order valence-corrected chi connectivity index (χ2v) is 9.20. The number of unbranched alkanes of at least 4 members (excludes halogenated alkanes) is 2. The van der Waals surface area contributed by atoms with E-state index in [1.807, 2.05) is 0 Å². The standard InChI is InChI=1S/C23H38F2O2/c1-2-3-4-5-17-6-12-20(13-7-17)23-26-15-21(16-27-23)19-10-8-18(9-11-19)14-22(24)25/h14,17-21,23H,2-13,15-16H2,1H3. The Morgan fingerprint density at radius 1 is 0.815 bits per heavy atom. The van der Waals surface area contributed by atoms with E-state index in [2.05, 4.69) is 6.92 Å². The monoisotopic (exact) mass is 384 g/mol. The van der Waals surface area contributed by atoms with Gasteiger partial charge in [0.05, 0.1) is 13.2 Å². The molecule has 156 valence electrons. The third-order valence-electron chi connectivity index (χ3n) is 7.29. The Morgan fingerprint density at radius 3 is 2.04 bits per heavy atom. The van der Waals surface area contributed by atoms with Crippen molar-refractivity contribution in [3.05, 3.63) is 12.2 Å². The number of ether oxygens (including phenoxy) is 2. The van der Waals surface area contributed by atoms with Crippen LogP contribution in [-0.4, -0.2) is 19.5 Å². The van der Waals surface area contributed by atoms with E-state index in [-0.39, 0.29) is 12.2 Å². The molecule has 1 saturated heterocycles. The SMILES string of the molecule is CCCCCC1CCC(C2OCC(C3CCC(C=C(F)F)CC3)CO2)CC1. The highest BCUT2D eigenvalue weighted by molar-refractivity contribution is 4.92. The van der Waals surface area contributed by atoms with E-state index in [9.17, 15) is 8.78 Å². The van der Waals surface area contributed by atoms with Gasteiger partial charge in [0.2, 0.25) is 0 Å². The summed E-state index contributed by atoms with van der Waals surface area (Å²) in [7, 11) is 0. The van der Waals surface area contributed by atoms with E-state index in [4.69, 9.17) is 9.47 Å². The third-order valence-corrected chi connectivity index (χ3v) is 7.29. The van der Waals surface area contributed by atoms with Gasteiger partial charge in [-0.3, -0.25) is 0 Å². The van der Waals surface area contributed by atoms with E-state index in [1.54, 1.807) is 0 Å². The lowest BCUT2D eigenvalue weighted by molar-refractivity contribution is -0.237. The third kappa shape index (κ3) is 6.52. The van der Waals surface area contributed by atoms with Crippen LogP contribution < -0.4 is 0 Å². The fourth-order valence-electron chi connectivity index (χ4n) is 5.47. The molecule has 3 fully saturated rings. The van der Waals surface area contributed by atoms with Gasteiger partial charge < -0.3 is 9.47 Å². The highest BCUT2D eigenvalue weighted by Crippen LogP contribution is 2.39. The Hall–Kier alpha value is -0.480. The summed E-state index contributed by atoms with van der Waals surface area (Å²) in [6.45, 7) is 3.86. The smallest absolute Gasteiger partial charge is 0.266 e. The predicted molar refractivity (Wildman–Crippen MR) is 105 cm³/mol. The van der Waals surface area contributed by atoms with Crippen LogP contribution in [0.3, 0.4) is 0 Å². The quantitative estimate of drug-likeness (QED) is 0.442. The second kappa shape index (κ2) is 10.9. The summed E-state index contributed by atoms with van der Waals surface area (Å²) in [5.74, 6) is 2.58. The predicted octanol–water partition coefficient (Wildman–Crippen LogP) is 6.95. The summed E-state index contributed by atoms with van der Waals surface area (Å²) in [5, 5.41) is 0. The van der Waals surface area contributed by atoms with E-state index in [1.165, 1.54) is 51.4 Å². The second-order valence-electron chi connectivity index (χ2n) is 9.20. The first-order chi connectivity index (χ1) is 13.2. The topological polar surface area (TPSA) is 18.5 Å². The summed E-state index contributed by atoms with van der Waals surface area (Å²) >= 11 is 0. The number of allylic oxidation sites excluding steroid dienone is 1. The summed E-state index contributed by atoms with van der Waals surface area (Å²) < 4.78 is 37.1. The number of halogens is 2. The molecule has 2 nitrogen and oxygen atoms in total. The maximum Gasteiger partial charge on any atom is 0.266 e. The van der Waals surface area contributed by atoms with Crippen molar-refractivity contribution < 1.29 is 18.3 Å². The molecule has 3 aliphatic rings. The molecule has 2 aliphatic carbocycles. The van der Waals surface area contributed by atoms with Crippen molar-refractivity contribution in [1.29, 1.82) is 0 Å². The summed E-state index contributed by atoms with van der Waals surface area (Å²) in [4.78, 5) is 0. The van der Waals surface area contributed by atoms with Gasteiger partial charge in [-0.25, -0.2) is 0 Å². The van der Waals surface area contributed by atoms with Crippen LogP contribution in [0.15, 0.2) is 12.2 Å². The van der Waals surface area contributed by atoms with E-state index < -0.39 is 6.08 Å². The largest absolute Gasteiger partial charge is 0.352 e. The molecule has 0 aromatic rings. The average molecular weight is 385 g/mol. The fraction of sp³-hybridized carbons (Fsp3) is 0.913. The lowest BCUT2D eigenvalue weighted by Gasteiger charge is -2.41. The Bertz CT molecular complexity index is 439. The van der Waals surface area contributed by atoms with Gasteiger partial charge in [-0.2, -0.15) is 8.78 Å². The molecule has 0 N–H and O–H groups in total. The van der Waals surface area contributed by atoms with Gasteiger partial charge in [0, 0.05) is 11.8 Å². The van der Waals surface area contributed by atoms with Crippen molar-refractivity contribution in [2.75, 3.05) is 13.2 Å². The molecule has 2 saturated carbocycles. The van der Waals surface area contributed by atoms with Crippen molar-refractivity contribution in [3.63, 3.8) is 0 Å². The lowest BCUT2D eigenvalue weighted by atomic mass is 9.75. The molecule has 27 heavy (non-hydrogen) atoms. The minimum atomic E-state index is -1.52.